The minimum atomic E-state index is -2.14. The van der Waals surface area contributed by atoms with Crippen molar-refractivity contribution in [1.29, 1.82) is 0 Å². The molecule has 0 amide bonds. The van der Waals surface area contributed by atoms with Crippen LogP contribution in [0.2, 0.25) is 13.3 Å². The van der Waals surface area contributed by atoms with Gasteiger partial charge in [-0.3, -0.25) is 0 Å². The number of azide groups is 1. The molecule has 0 aromatic rings. The van der Waals surface area contributed by atoms with Gasteiger partial charge in [0.05, 0.1) is 0 Å². The Balaban J connectivity index is 4.57. The van der Waals surface area contributed by atoms with Crippen LogP contribution in [0.25, 0.3) is 10.4 Å². The average Bonchev–Trinajstić information content (AvgIpc) is 2.48. The van der Waals surface area contributed by atoms with E-state index >= 15 is 0 Å². The van der Waals surface area contributed by atoms with Crippen LogP contribution in [0.1, 0.15) is 66.2 Å². The SMILES string of the molecule is CCC[CH2][Sn]([CH2]CCC)([CH2]CCC)[CH2]OCC(C)N=[N+]=[N-]. The van der Waals surface area contributed by atoms with Crippen LogP contribution in [0.15, 0.2) is 5.11 Å². The van der Waals surface area contributed by atoms with Crippen LogP contribution in [0, 0.1) is 0 Å². The van der Waals surface area contributed by atoms with E-state index in [1.807, 2.05) is 6.92 Å². The first-order valence-electron chi connectivity index (χ1n) is 8.76. The summed E-state index contributed by atoms with van der Waals surface area (Å²) in [4.78, 5) is 2.86. The van der Waals surface area contributed by atoms with Crippen LogP contribution in [-0.4, -0.2) is 35.6 Å². The van der Waals surface area contributed by atoms with Crippen molar-refractivity contribution in [2.75, 3.05) is 11.2 Å². The zero-order valence-corrected chi connectivity index (χ0v) is 17.5. The molecule has 0 aromatic carbocycles. The molecule has 0 heterocycles. The van der Waals surface area contributed by atoms with E-state index in [9.17, 15) is 0 Å². The number of rotatable bonds is 14. The van der Waals surface area contributed by atoms with Gasteiger partial charge in [0, 0.05) is 0 Å². The molecule has 5 heteroatoms. The summed E-state index contributed by atoms with van der Waals surface area (Å²) in [5.41, 5.74) is 8.46. The molecule has 1 atom stereocenters. The van der Waals surface area contributed by atoms with Crippen molar-refractivity contribution < 1.29 is 4.74 Å². The van der Waals surface area contributed by atoms with Crippen molar-refractivity contribution in [2.45, 2.75) is 85.6 Å². The van der Waals surface area contributed by atoms with Crippen LogP contribution >= 0.6 is 0 Å². The van der Waals surface area contributed by atoms with Crippen molar-refractivity contribution in [1.82, 2.24) is 0 Å². The van der Waals surface area contributed by atoms with Crippen molar-refractivity contribution >= 4 is 18.4 Å². The first kappa shape index (κ1) is 21.1. The molecule has 1 unspecified atom stereocenters. The Morgan fingerprint density at radius 2 is 1.48 bits per heavy atom. The van der Waals surface area contributed by atoms with E-state index in [4.69, 9.17) is 10.3 Å². The summed E-state index contributed by atoms with van der Waals surface area (Å²) in [6.07, 6.45) is 8.01. The van der Waals surface area contributed by atoms with Gasteiger partial charge in [0.1, 0.15) is 0 Å². The van der Waals surface area contributed by atoms with Crippen LogP contribution in [0.5, 0.6) is 0 Å². The molecule has 0 aliphatic rings. The molecule has 0 bridgehead atoms. The van der Waals surface area contributed by atoms with Crippen LogP contribution in [0.4, 0.5) is 0 Å². The molecule has 124 valence electrons. The third-order valence-electron chi connectivity index (χ3n) is 4.20. The fraction of sp³-hybridized carbons (Fsp3) is 1.00. The Kier molecular flexibility index (Phi) is 13.8. The minimum absolute atomic E-state index is 0.0393. The van der Waals surface area contributed by atoms with E-state index in [0.29, 0.717) is 6.61 Å². The zero-order chi connectivity index (χ0) is 16.0. The van der Waals surface area contributed by atoms with Crippen molar-refractivity contribution in [3.8, 4) is 0 Å². The predicted molar refractivity (Wildman–Crippen MR) is 94.3 cm³/mol. The molecule has 0 spiro atoms. The van der Waals surface area contributed by atoms with Crippen molar-refractivity contribution in [2.24, 2.45) is 5.11 Å². The number of nitrogens with zero attached hydrogens (tertiary/aromatic N) is 3. The maximum atomic E-state index is 8.46. The topological polar surface area (TPSA) is 58.0 Å². The van der Waals surface area contributed by atoms with Crippen LogP contribution < -0.4 is 0 Å². The molecule has 0 saturated heterocycles. The molecular formula is C16H35N3OSn. The summed E-state index contributed by atoms with van der Waals surface area (Å²) < 4.78 is 11.5. The van der Waals surface area contributed by atoms with Gasteiger partial charge in [-0.15, -0.1) is 0 Å². The monoisotopic (exact) mass is 405 g/mol. The number of ether oxygens (including phenoxy) is 1. The summed E-state index contributed by atoms with van der Waals surface area (Å²) in [6.45, 7) is 9.40. The third kappa shape index (κ3) is 10.4. The van der Waals surface area contributed by atoms with Crippen LogP contribution in [-0.2, 0) is 4.74 Å². The quantitative estimate of drug-likeness (QED) is 0.150. The van der Waals surface area contributed by atoms with E-state index < -0.39 is 18.4 Å². The third-order valence-corrected chi connectivity index (χ3v) is 18.6. The van der Waals surface area contributed by atoms with Gasteiger partial charge < -0.3 is 0 Å². The summed E-state index contributed by atoms with van der Waals surface area (Å²) in [7, 11) is 0. The van der Waals surface area contributed by atoms with Gasteiger partial charge in [-0.2, -0.15) is 0 Å². The molecule has 0 saturated carbocycles. The number of hydrogen-bond donors (Lipinski definition) is 0. The van der Waals surface area contributed by atoms with Crippen molar-refractivity contribution in [3.05, 3.63) is 10.4 Å². The molecule has 0 N–H and O–H groups in total. The first-order chi connectivity index (χ1) is 10.1. The Morgan fingerprint density at radius 3 is 1.86 bits per heavy atom. The van der Waals surface area contributed by atoms with E-state index in [-0.39, 0.29) is 6.04 Å². The normalized spacial score (nSPS) is 13.0. The summed E-state index contributed by atoms with van der Waals surface area (Å²) in [5, 5.41) is 3.71. The van der Waals surface area contributed by atoms with Gasteiger partial charge >= 0.3 is 135 Å². The van der Waals surface area contributed by atoms with Gasteiger partial charge in [0.2, 0.25) is 0 Å². The van der Waals surface area contributed by atoms with E-state index in [0.717, 1.165) is 4.62 Å². The van der Waals surface area contributed by atoms with Gasteiger partial charge in [-0.1, -0.05) is 0 Å². The molecule has 0 aromatic heterocycles. The predicted octanol–water partition coefficient (Wildman–Crippen LogP) is 6.09. The van der Waals surface area contributed by atoms with Crippen LogP contribution in [0.3, 0.4) is 0 Å². The molecular weight excluding hydrogens is 369 g/mol. The Morgan fingerprint density at radius 1 is 1.00 bits per heavy atom. The van der Waals surface area contributed by atoms with Gasteiger partial charge in [0.15, 0.2) is 0 Å². The molecule has 0 fully saturated rings. The Bertz CT molecular complexity index is 271. The van der Waals surface area contributed by atoms with Crippen molar-refractivity contribution in [3.63, 3.8) is 0 Å². The molecule has 0 aliphatic heterocycles. The van der Waals surface area contributed by atoms with E-state index in [2.05, 4.69) is 30.8 Å². The fourth-order valence-corrected chi connectivity index (χ4v) is 17.2. The summed E-state index contributed by atoms with van der Waals surface area (Å²) in [5.74, 6) is 0. The molecule has 21 heavy (non-hydrogen) atoms. The first-order valence-corrected chi connectivity index (χ1v) is 16.8. The van der Waals surface area contributed by atoms with Gasteiger partial charge in [0.25, 0.3) is 0 Å². The zero-order valence-electron chi connectivity index (χ0n) is 14.6. The standard InChI is InChI=1S/C4H8N3O.3C4H9.Sn/c1-4(3-8-2)6-7-5;3*1-3-4-2;/h4H,2-3H2,1H3;3*1,3-4H2,2H3;. The molecule has 0 rings (SSSR count). The second-order valence-corrected chi connectivity index (χ2v) is 20.0. The maximum absolute atomic E-state index is 8.46. The Hall–Kier alpha value is 0.0687. The fourth-order valence-electron chi connectivity index (χ4n) is 2.81. The number of hydrogen-bond acceptors (Lipinski definition) is 2. The number of unbranched alkanes of at least 4 members (excludes halogenated alkanes) is 3. The molecule has 0 aliphatic carbocycles. The summed E-state index contributed by atoms with van der Waals surface area (Å²) >= 11 is -2.14. The second kappa shape index (κ2) is 13.7. The van der Waals surface area contributed by atoms with E-state index in [1.165, 1.54) is 51.8 Å². The Labute approximate surface area is 135 Å². The molecule has 0 radical (unpaired) electrons. The summed E-state index contributed by atoms with van der Waals surface area (Å²) in [6, 6.07) is -0.0393. The van der Waals surface area contributed by atoms with Gasteiger partial charge in [-0.05, 0) is 0 Å². The molecule has 4 nitrogen and oxygen atoms in total. The van der Waals surface area contributed by atoms with Gasteiger partial charge in [-0.25, -0.2) is 0 Å². The van der Waals surface area contributed by atoms with E-state index in [1.54, 1.807) is 0 Å². The average molecular weight is 404 g/mol. The second-order valence-electron chi connectivity index (χ2n) is 6.38.